The third-order valence-electron chi connectivity index (χ3n) is 4.91. The Morgan fingerprint density at radius 2 is 2.22 bits per heavy atom. The molecule has 1 aliphatic heterocycles. The first-order valence-corrected chi connectivity index (χ1v) is 8.76. The van der Waals surface area contributed by atoms with Crippen molar-refractivity contribution < 1.29 is 13.9 Å². The van der Waals surface area contributed by atoms with E-state index in [1.54, 1.807) is 16.8 Å². The maximum atomic E-state index is 13.9. The lowest BCUT2D eigenvalue weighted by Crippen LogP contribution is -2.37. The molecule has 3 aromatic heterocycles. The third kappa shape index (κ3) is 2.66. The van der Waals surface area contributed by atoms with Crippen molar-refractivity contribution in [3.8, 4) is 5.88 Å². The number of carbonyl (C=O) groups is 1. The molecule has 1 amide bonds. The van der Waals surface area contributed by atoms with Crippen LogP contribution in [0.1, 0.15) is 35.7 Å². The van der Waals surface area contributed by atoms with Crippen LogP contribution in [0.5, 0.6) is 5.88 Å². The summed E-state index contributed by atoms with van der Waals surface area (Å²) in [5, 5.41) is 10.4. The molecule has 8 nitrogen and oxygen atoms in total. The van der Waals surface area contributed by atoms with E-state index in [-0.39, 0.29) is 18.6 Å². The van der Waals surface area contributed by atoms with Crippen molar-refractivity contribution in [2.75, 3.05) is 11.9 Å². The molecule has 2 bridgehead atoms. The van der Waals surface area contributed by atoms with Crippen LogP contribution in [0.3, 0.4) is 0 Å². The topological polar surface area (TPSA) is 93.4 Å². The van der Waals surface area contributed by atoms with E-state index >= 15 is 0 Å². The molecule has 0 aromatic carbocycles. The smallest absolute Gasteiger partial charge is 0.257 e. The maximum absolute atomic E-state index is 13.9. The number of ether oxygens (including phenoxy) is 1. The minimum Gasteiger partial charge on any atom is -0.475 e. The van der Waals surface area contributed by atoms with Crippen LogP contribution < -0.4 is 15.4 Å². The van der Waals surface area contributed by atoms with E-state index in [2.05, 4.69) is 25.7 Å². The highest BCUT2D eigenvalue weighted by atomic mass is 19.1. The molecule has 138 valence electrons. The van der Waals surface area contributed by atoms with E-state index in [4.69, 9.17) is 4.74 Å². The fourth-order valence-corrected chi connectivity index (χ4v) is 3.36. The van der Waals surface area contributed by atoms with Gasteiger partial charge in [0.2, 0.25) is 5.88 Å². The summed E-state index contributed by atoms with van der Waals surface area (Å²) in [6.07, 6.45) is 5.98. The number of hydrogen-bond donors (Lipinski definition) is 2. The molecular weight excluding hydrogens is 351 g/mol. The van der Waals surface area contributed by atoms with Crippen LogP contribution >= 0.6 is 0 Å². The van der Waals surface area contributed by atoms with Gasteiger partial charge in [-0.05, 0) is 31.9 Å². The molecule has 0 unspecified atom stereocenters. The molecule has 1 spiro atoms. The van der Waals surface area contributed by atoms with Crippen LogP contribution in [0.4, 0.5) is 10.2 Å². The van der Waals surface area contributed by atoms with Gasteiger partial charge in [-0.1, -0.05) is 0 Å². The van der Waals surface area contributed by atoms with Crippen LogP contribution in [0.2, 0.25) is 0 Å². The standard InChI is InChI=1S/C18H17FN6O2/c1-10-9-27-17-13(6-11(19)7-20-17)18(3-4-18)24-14-2-5-25-15(23-14)12(8-21-25)16(26)22-10/h2,5-8,10H,3-4,9H2,1H3,(H,22,26)(H,23,24)/t10-/m0/s1. The van der Waals surface area contributed by atoms with Gasteiger partial charge in [0, 0.05) is 11.8 Å². The minimum atomic E-state index is -0.481. The number of carbonyl (C=O) groups excluding carboxylic acids is 1. The second kappa shape index (κ2) is 5.63. The van der Waals surface area contributed by atoms with E-state index in [1.165, 1.54) is 12.3 Å². The highest BCUT2D eigenvalue weighted by molar-refractivity contribution is 5.99. The zero-order valence-corrected chi connectivity index (χ0v) is 14.6. The van der Waals surface area contributed by atoms with Crippen LogP contribution in [0.15, 0.2) is 30.7 Å². The number of hydrogen-bond acceptors (Lipinski definition) is 6. The summed E-state index contributed by atoms with van der Waals surface area (Å²) >= 11 is 0. The first-order valence-electron chi connectivity index (χ1n) is 8.76. The molecule has 27 heavy (non-hydrogen) atoms. The van der Waals surface area contributed by atoms with E-state index in [0.29, 0.717) is 28.5 Å². The van der Waals surface area contributed by atoms with Gasteiger partial charge in [0.25, 0.3) is 5.91 Å². The van der Waals surface area contributed by atoms with Crippen LogP contribution in [0.25, 0.3) is 5.65 Å². The summed E-state index contributed by atoms with van der Waals surface area (Å²) in [6.45, 7) is 2.04. The fourth-order valence-electron chi connectivity index (χ4n) is 3.36. The number of halogens is 1. The molecule has 1 atom stereocenters. The van der Waals surface area contributed by atoms with Crippen molar-refractivity contribution in [1.82, 2.24) is 24.9 Å². The number of anilines is 1. The third-order valence-corrected chi connectivity index (χ3v) is 4.91. The van der Waals surface area contributed by atoms with E-state index in [9.17, 15) is 9.18 Å². The summed E-state index contributed by atoms with van der Waals surface area (Å²) in [7, 11) is 0. The zero-order chi connectivity index (χ0) is 18.6. The second-order valence-corrected chi connectivity index (χ2v) is 7.04. The van der Waals surface area contributed by atoms with Crippen molar-refractivity contribution in [1.29, 1.82) is 0 Å². The number of nitrogens with zero attached hydrogens (tertiary/aromatic N) is 4. The molecule has 1 aliphatic carbocycles. The summed E-state index contributed by atoms with van der Waals surface area (Å²) in [6, 6.07) is 2.95. The quantitative estimate of drug-likeness (QED) is 0.629. The van der Waals surface area contributed by atoms with E-state index in [1.807, 2.05) is 6.92 Å². The normalized spacial score (nSPS) is 20.7. The summed E-state index contributed by atoms with van der Waals surface area (Å²) in [5.41, 5.74) is 1.02. The minimum absolute atomic E-state index is 0.211. The number of pyridine rings is 1. The molecule has 0 saturated heterocycles. The predicted molar refractivity (Wildman–Crippen MR) is 94.1 cm³/mol. The van der Waals surface area contributed by atoms with Gasteiger partial charge in [0.05, 0.1) is 24.0 Å². The van der Waals surface area contributed by atoms with Crippen LogP contribution in [-0.2, 0) is 5.54 Å². The lowest BCUT2D eigenvalue weighted by Gasteiger charge is -2.22. The first-order chi connectivity index (χ1) is 13.0. The second-order valence-electron chi connectivity index (χ2n) is 7.04. The summed E-state index contributed by atoms with van der Waals surface area (Å²) < 4.78 is 21.3. The van der Waals surface area contributed by atoms with Crippen molar-refractivity contribution >= 4 is 17.4 Å². The Labute approximate surface area is 153 Å². The van der Waals surface area contributed by atoms with Gasteiger partial charge in [-0.3, -0.25) is 4.79 Å². The molecule has 4 heterocycles. The Bertz CT molecular complexity index is 1060. The Kier molecular flexibility index (Phi) is 3.33. The Morgan fingerprint density at radius 3 is 3.04 bits per heavy atom. The van der Waals surface area contributed by atoms with Gasteiger partial charge in [-0.2, -0.15) is 5.10 Å². The predicted octanol–water partition coefficient (Wildman–Crippen LogP) is 1.88. The lowest BCUT2D eigenvalue weighted by molar-refractivity contribution is 0.0927. The number of aromatic nitrogens is 4. The number of nitrogens with one attached hydrogen (secondary N) is 2. The first kappa shape index (κ1) is 16.0. The molecule has 3 aromatic rings. The zero-order valence-electron chi connectivity index (χ0n) is 14.6. The van der Waals surface area contributed by atoms with Gasteiger partial charge < -0.3 is 15.4 Å². The molecular formula is C18H17FN6O2. The highest BCUT2D eigenvalue weighted by Gasteiger charge is 2.47. The van der Waals surface area contributed by atoms with Gasteiger partial charge in [0.15, 0.2) is 5.65 Å². The molecule has 9 heteroatoms. The van der Waals surface area contributed by atoms with Crippen molar-refractivity contribution in [3.63, 3.8) is 0 Å². The van der Waals surface area contributed by atoms with Gasteiger partial charge in [-0.15, -0.1) is 0 Å². The molecule has 2 N–H and O–H groups in total. The number of fused-ring (bicyclic) bond motifs is 3. The summed E-state index contributed by atoms with van der Waals surface area (Å²) in [4.78, 5) is 21.3. The van der Waals surface area contributed by atoms with E-state index < -0.39 is 11.4 Å². The highest BCUT2D eigenvalue weighted by Crippen LogP contribution is 2.50. The fraction of sp³-hybridized carbons (Fsp3) is 0.333. The maximum Gasteiger partial charge on any atom is 0.257 e. The molecule has 2 aliphatic rings. The molecule has 1 saturated carbocycles. The van der Waals surface area contributed by atoms with Gasteiger partial charge in [-0.25, -0.2) is 18.9 Å². The average Bonchev–Trinajstić information content (AvgIpc) is 3.29. The van der Waals surface area contributed by atoms with Crippen molar-refractivity contribution in [2.45, 2.75) is 31.3 Å². The van der Waals surface area contributed by atoms with Crippen LogP contribution in [-0.4, -0.2) is 38.1 Å². The Balaban J connectivity index is 1.66. The monoisotopic (exact) mass is 368 g/mol. The van der Waals surface area contributed by atoms with Crippen LogP contribution in [0, 0.1) is 5.82 Å². The molecule has 0 radical (unpaired) electrons. The van der Waals surface area contributed by atoms with E-state index in [0.717, 1.165) is 19.0 Å². The number of rotatable bonds is 0. The molecule has 1 fully saturated rings. The largest absolute Gasteiger partial charge is 0.475 e. The Hall–Kier alpha value is -3.23. The Morgan fingerprint density at radius 1 is 1.37 bits per heavy atom. The van der Waals surface area contributed by atoms with Crippen molar-refractivity contribution in [2.24, 2.45) is 0 Å². The average molecular weight is 368 g/mol. The number of amides is 1. The molecule has 5 rings (SSSR count). The SMILES string of the molecule is C[C@H]1COc2ncc(F)cc2C2(CC2)Nc2ccn3ncc(c3n2)C(=O)N1. The van der Waals surface area contributed by atoms with Gasteiger partial charge >= 0.3 is 0 Å². The summed E-state index contributed by atoms with van der Waals surface area (Å²) in [5.74, 6) is 0.249. The van der Waals surface area contributed by atoms with Crippen molar-refractivity contribution in [3.05, 3.63) is 47.7 Å². The van der Waals surface area contributed by atoms with Gasteiger partial charge in [0.1, 0.15) is 23.8 Å². The lowest BCUT2D eigenvalue weighted by atomic mass is 10.1.